The van der Waals surface area contributed by atoms with Gasteiger partial charge < -0.3 is 14.3 Å². The molecule has 3 heterocycles. The lowest BCUT2D eigenvalue weighted by Gasteiger charge is -2.31. The summed E-state index contributed by atoms with van der Waals surface area (Å²) in [5, 5.41) is 0.499. The number of aromatic amines is 1. The minimum atomic E-state index is -0.198. The standard InChI is InChI=1S/C20H21N3O3S/c1-13-4-2-8-22(11-13)18(24)14-6-7-16-17(10-14)21-20(27)23(19(16)25)12-15-5-3-9-26-15/h3,5-7,9-10,13H,2,4,8,11-12H2,1H3,(H,21,27)/t13-/m1/s1. The Labute approximate surface area is 161 Å². The Morgan fingerprint density at radius 3 is 2.96 bits per heavy atom. The van der Waals surface area contributed by atoms with Crippen molar-refractivity contribution in [2.45, 2.75) is 26.3 Å². The molecule has 1 amide bonds. The second kappa shape index (κ2) is 7.15. The molecule has 140 valence electrons. The van der Waals surface area contributed by atoms with Crippen molar-refractivity contribution in [2.24, 2.45) is 5.92 Å². The van der Waals surface area contributed by atoms with E-state index in [4.69, 9.17) is 16.6 Å². The molecule has 0 spiro atoms. The summed E-state index contributed by atoms with van der Waals surface area (Å²) >= 11 is 5.36. The summed E-state index contributed by atoms with van der Waals surface area (Å²) in [6.45, 7) is 3.99. The van der Waals surface area contributed by atoms with E-state index in [1.54, 1.807) is 36.6 Å². The van der Waals surface area contributed by atoms with Gasteiger partial charge in [-0.15, -0.1) is 0 Å². The summed E-state index contributed by atoms with van der Waals surface area (Å²) in [6, 6.07) is 8.72. The number of piperidine rings is 1. The number of H-pyrrole nitrogens is 1. The van der Waals surface area contributed by atoms with Gasteiger partial charge in [0, 0.05) is 18.7 Å². The molecule has 6 nitrogen and oxygen atoms in total. The Balaban J connectivity index is 1.70. The molecular formula is C20H21N3O3S. The lowest BCUT2D eigenvalue weighted by Crippen LogP contribution is -2.39. The molecule has 0 bridgehead atoms. The molecule has 1 saturated heterocycles. The van der Waals surface area contributed by atoms with Gasteiger partial charge in [0.05, 0.1) is 23.7 Å². The van der Waals surface area contributed by atoms with E-state index in [0.717, 1.165) is 25.9 Å². The zero-order valence-electron chi connectivity index (χ0n) is 15.1. The van der Waals surface area contributed by atoms with Crippen molar-refractivity contribution in [1.29, 1.82) is 0 Å². The molecule has 1 aliphatic heterocycles. The van der Waals surface area contributed by atoms with Crippen LogP contribution in [0.25, 0.3) is 10.9 Å². The number of rotatable bonds is 3. The summed E-state index contributed by atoms with van der Waals surface area (Å²) in [5.41, 5.74) is 0.956. The van der Waals surface area contributed by atoms with Gasteiger partial charge in [0.2, 0.25) is 0 Å². The number of benzene rings is 1. The fraction of sp³-hybridized carbons (Fsp3) is 0.350. The molecule has 1 aromatic carbocycles. The molecule has 1 atom stereocenters. The third kappa shape index (κ3) is 3.47. The maximum Gasteiger partial charge on any atom is 0.262 e. The molecule has 0 unspecified atom stereocenters. The van der Waals surface area contributed by atoms with Gasteiger partial charge in [0.15, 0.2) is 4.77 Å². The average molecular weight is 383 g/mol. The maximum absolute atomic E-state index is 12.8. The highest BCUT2D eigenvalue weighted by atomic mass is 32.1. The van der Waals surface area contributed by atoms with Crippen LogP contribution >= 0.6 is 12.2 Å². The second-order valence-electron chi connectivity index (χ2n) is 7.16. The third-order valence-electron chi connectivity index (χ3n) is 5.07. The van der Waals surface area contributed by atoms with Crippen molar-refractivity contribution in [3.8, 4) is 0 Å². The average Bonchev–Trinajstić information content (AvgIpc) is 3.17. The number of hydrogen-bond acceptors (Lipinski definition) is 4. The highest BCUT2D eigenvalue weighted by molar-refractivity contribution is 7.71. The number of aromatic nitrogens is 2. The van der Waals surface area contributed by atoms with E-state index in [-0.39, 0.29) is 18.0 Å². The molecule has 2 aromatic heterocycles. The Morgan fingerprint density at radius 1 is 1.37 bits per heavy atom. The van der Waals surface area contributed by atoms with E-state index < -0.39 is 0 Å². The van der Waals surface area contributed by atoms with E-state index >= 15 is 0 Å². The number of furan rings is 1. The van der Waals surface area contributed by atoms with Crippen molar-refractivity contribution in [3.63, 3.8) is 0 Å². The SMILES string of the molecule is C[C@@H]1CCCN(C(=O)c2ccc3c(=O)n(Cc4ccco4)c(=S)[nH]c3c2)C1. The van der Waals surface area contributed by atoms with Gasteiger partial charge in [-0.25, -0.2) is 0 Å². The third-order valence-corrected chi connectivity index (χ3v) is 5.39. The number of carbonyl (C=O) groups is 1. The topological polar surface area (TPSA) is 71.2 Å². The molecule has 7 heteroatoms. The molecule has 0 radical (unpaired) electrons. The molecule has 0 aliphatic carbocycles. The molecule has 27 heavy (non-hydrogen) atoms. The van der Waals surface area contributed by atoms with Gasteiger partial charge in [0.25, 0.3) is 11.5 Å². The van der Waals surface area contributed by atoms with Crippen molar-refractivity contribution >= 4 is 29.0 Å². The van der Waals surface area contributed by atoms with Crippen LogP contribution in [0.4, 0.5) is 0 Å². The summed E-state index contributed by atoms with van der Waals surface area (Å²) in [4.78, 5) is 30.6. The summed E-state index contributed by atoms with van der Waals surface area (Å²) in [6.07, 6.45) is 3.75. The number of hydrogen-bond donors (Lipinski definition) is 1. The predicted molar refractivity (Wildman–Crippen MR) is 106 cm³/mol. The maximum atomic E-state index is 12.8. The molecule has 4 rings (SSSR count). The van der Waals surface area contributed by atoms with Crippen LogP contribution in [0.3, 0.4) is 0 Å². The highest BCUT2D eigenvalue weighted by Crippen LogP contribution is 2.19. The number of nitrogens with one attached hydrogen (secondary N) is 1. The van der Waals surface area contributed by atoms with Crippen molar-refractivity contribution < 1.29 is 9.21 Å². The lowest BCUT2D eigenvalue weighted by atomic mass is 9.99. The van der Waals surface area contributed by atoms with Gasteiger partial charge in [-0.1, -0.05) is 6.92 Å². The fourth-order valence-electron chi connectivity index (χ4n) is 3.65. The quantitative estimate of drug-likeness (QED) is 0.702. The molecule has 1 fully saturated rings. The Kier molecular flexibility index (Phi) is 4.70. The van der Waals surface area contributed by atoms with Crippen LogP contribution in [-0.2, 0) is 6.54 Å². The molecule has 3 aromatic rings. The van der Waals surface area contributed by atoms with Gasteiger partial charge in [-0.3, -0.25) is 14.2 Å². The van der Waals surface area contributed by atoms with Gasteiger partial charge in [-0.2, -0.15) is 0 Å². The molecule has 1 aliphatic rings. The number of amides is 1. The van der Waals surface area contributed by atoms with Crippen LogP contribution in [-0.4, -0.2) is 33.4 Å². The van der Waals surface area contributed by atoms with Crippen molar-refractivity contribution in [2.75, 3.05) is 13.1 Å². The number of nitrogens with zero attached hydrogens (tertiary/aromatic N) is 2. The number of likely N-dealkylation sites (tertiary alicyclic amines) is 1. The van der Waals surface area contributed by atoms with Gasteiger partial charge in [-0.05, 0) is 61.3 Å². The first-order chi connectivity index (χ1) is 13.0. The van der Waals surface area contributed by atoms with E-state index in [9.17, 15) is 9.59 Å². The minimum absolute atomic E-state index is 0.00234. The second-order valence-corrected chi connectivity index (χ2v) is 7.55. The minimum Gasteiger partial charge on any atom is -0.467 e. The smallest absolute Gasteiger partial charge is 0.262 e. The van der Waals surface area contributed by atoms with E-state index in [1.165, 1.54) is 4.57 Å². The van der Waals surface area contributed by atoms with Crippen LogP contribution < -0.4 is 5.56 Å². The summed E-state index contributed by atoms with van der Waals surface area (Å²) in [7, 11) is 0. The van der Waals surface area contributed by atoms with Crippen molar-refractivity contribution in [1.82, 2.24) is 14.5 Å². The Bertz CT molecular complexity index is 1100. The zero-order valence-corrected chi connectivity index (χ0v) is 15.9. The number of carbonyl (C=O) groups excluding carboxylic acids is 1. The fourth-order valence-corrected chi connectivity index (χ4v) is 3.90. The first kappa shape index (κ1) is 17.7. The van der Waals surface area contributed by atoms with Crippen LogP contribution in [0.15, 0.2) is 45.8 Å². The zero-order chi connectivity index (χ0) is 19.0. The molecular weight excluding hydrogens is 362 g/mol. The largest absolute Gasteiger partial charge is 0.467 e. The van der Waals surface area contributed by atoms with Crippen LogP contribution in [0.1, 0.15) is 35.9 Å². The first-order valence-electron chi connectivity index (χ1n) is 9.11. The van der Waals surface area contributed by atoms with E-state index in [2.05, 4.69) is 11.9 Å². The van der Waals surface area contributed by atoms with Crippen LogP contribution in [0, 0.1) is 10.7 Å². The molecule has 1 N–H and O–H groups in total. The summed E-state index contributed by atoms with van der Waals surface area (Å²) < 4.78 is 7.08. The Morgan fingerprint density at radius 2 is 2.22 bits per heavy atom. The Hall–Kier alpha value is -2.67. The van der Waals surface area contributed by atoms with Gasteiger partial charge in [0.1, 0.15) is 5.76 Å². The molecule has 0 saturated carbocycles. The summed E-state index contributed by atoms with van der Waals surface area (Å²) in [5.74, 6) is 1.17. The lowest BCUT2D eigenvalue weighted by molar-refractivity contribution is 0.0683. The number of fused-ring (bicyclic) bond motifs is 1. The van der Waals surface area contributed by atoms with Gasteiger partial charge >= 0.3 is 0 Å². The van der Waals surface area contributed by atoms with Crippen LogP contribution in [0.5, 0.6) is 0 Å². The first-order valence-corrected chi connectivity index (χ1v) is 9.52. The normalized spacial score (nSPS) is 17.4. The predicted octanol–water partition coefficient (Wildman–Crippen LogP) is 3.57. The monoisotopic (exact) mass is 383 g/mol. The van der Waals surface area contributed by atoms with E-state index in [0.29, 0.717) is 32.9 Å². The van der Waals surface area contributed by atoms with Crippen molar-refractivity contribution in [3.05, 3.63) is 63.0 Å². The highest BCUT2D eigenvalue weighted by Gasteiger charge is 2.22. The van der Waals surface area contributed by atoms with E-state index in [1.807, 2.05) is 4.90 Å². The van der Waals surface area contributed by atoms with Crippen LogP contribution in [0.2, 0.25) is 0 Å².